The second-order valence-corrected chi connectivity index (χ2v) is 7.99. The van der Waals surface area contributed by atoms with Crippen LogP contribution in [0.15, 0.2) is 34.8 Å². The lowest BCUT2D eigenvalue weighted by molar-refractivity contribution is -0.133. The molecule has 0 spiro atoms. The van der Waals surface area contributed by atoms with Gasteiger partial charge in [-0.2, -0.15) is 0 Å². The van der Waals surface area contributed by atoms with Crippen LogP contribution < -0.4 is 15.4 Å². The fraction of sp³-hybridized carbons (Fsp3) is 0.350. The molecule has 0 aliphatic carbocycles. The van der Waals surface area contributed by atoms with Crippen molar-refractivity contribution in [3.8, 4) is 5.75 Å². The van der Waals surface area contributed by atoms with E-state index in [2.05, 4.69) is 20.8 Å². The molecule has 1 aliphatic rings. The number of para-hydroxylation sites is 1. The first-order chi connectivity index (χ1) is 12.9. The number of nitrogen functional groups attached to an aromatic ring is 1. The molecule has 1 amide bonds. The Labute approximate surface area is 173 Å². The van der Waals surface area contributed by atoms with Gasteiger partial charge < -0.3 is 20.3 Å². The first-order valence-corrected chi connectivity index (χ1v) is 10.00. The summed E-state index contributed by atoms with van der Waals surface area (Å²) in [4.78, 5) is 16.5. The summed E-state index contributed by atoms with van der Waals surface area (Å²) >= 11 is 9.80. The van der Waals surface area contributed by atoms with Gasteiger partial charge in [-0.15, -0.1) is 0 Å². The van der Waals surface area contributed by atoms with Gasteiger partial charge in [0.05, 0.1) is 20.9 Å². The molecule has 1 fully saturated rings. The smallest absolute Gasteiger partial charge is 0.260 e. The Hall–Kier alpha value is -1.92. The van der Waals surface area contributed by atoms with Gasteiger partial charge in [-0.05, 0) is 59.1 Å². The minimum absolute atomic E-state index is 0.0198. The van der Waals surface area contributed by atoms with Crippen molar-refractivity contribution in [3.63, 3.8) is 0 Å². The number of nitrogens with zero attached hydrogens (tertiary/aromatic N) is 2. The average Bonchev–Trinajstić information content (AvgIpc) is 2.61. The number of nitrogens with two attached hydrogens (primary N) is 1. The van der Waals surface area contributed by atoms with Crippen molar-refractivity contribution >= 4 is 44.8 Å². The SMILES string of the molecule is Cc1cc(C)c(OCC(=O)N2CCN(c3c(N)cccc3Cl)CC2)c(Br)c1. The molecule has 0 unspecified atom stereocenters. The highest BCUT2D eigenvalue weighted by atomic mass is 79.9. The predicted molar refractivity (Wildman–Crippen MR) is 114 cm³/mol. The maximum atomic E-state index is 12.6. The summed E-state index contributed by atoms with van der Waals surface area (Å²) in [6.07, 6.45) is 0. The Morgan fingerprint density at radius 2 is 1.93 bits per heavy atom. The number of ether oxygens (including phenoxy) is 1. The lowest BCUT2D eigenvalue weighted by Gasteiger charge is -2.37. The monoisotopic (exact) mass is 451 g/mol. The van der Waals surface area contributed by atoms with Gasteiger partial charge in [-0.1, -0.05) is 23.7 Å². The first kappa shape index (κ1) is 19.8. The Balaban J connectivity index is 1.58. The van der Waals surface area contributed by atoms with E-state index in [-0.39, 0.29) is 12.5 Å². The fourth-order valence-electron chi connectivity index (χ4n) is 3.36. The first-order valence-electron chi connectivity index (χ1n) is 8.83. The molecule has 0 radical (unpaired) electrons. The van der Waals surface area contributed by atoms with Crippen molar-refractivity contribution in [2.75, 3.05) is 43.4 Å². The minimum Gasteiger partial charge on any atom is -0.482 e. The molecule has 27 heavy (non-hydrogen) atoms. The van der Waals surface area contributed by atoms with Gasteiger partial charge in [0, 0.05) is 26.2 Å². The third-order valence-electron chi connectivity index (χ3n) is 4.68. The van der Waals surface area contributed by atoms with Crippen LogP contribution in [0.2, 0.25) is 5.02 Å². The van der Waals surface area contributed by atoms with Crippen LogP contribution in [0.3, 0.4) is 0 Å². The molecule has 2 aromatic rings. The van der Waals surface area contributed by atoms with Crippen LogP contribution >= 0.6 is 27.5 Å². The van der Waals surface area contributed by atoms with Gasteiger partial charge in [-0.25, -0.2) is 0 Å². The molecule has 2 aromatic carbocycles. The van der Waals surface area contributed by atoms with Crippen molar-refractivity contribution in [1.29, 1.82) is 0 Å². The molecular weight excluding hydrogens is 430 g/mol. The van der Waals surface area contributed by atoms with Crippen molar-refractivity contribution < 1.29 is 9.53 Å². The van der Waals surface area contributed by atoms with Crippen molar-refractivity contribution in [2.24, 2.45) is 0 Å². The maximum Gasteiger partial charge on any atom is 0.260 e. The van der Waals surface area contributed by atoms with Gasteiger partial charge >= 0.3 is 0 Å². The lowest BCUT2D eigenvalue weighted by Crippen LogP contribution is -2.50. The summed E-state index contributed by atoms with van der Waals surface area (Å²) in [7, 11) is 0. The van der Waals surface area contributed by atoms with Crippen LogP contribution in [-0.4, -0.2) is 43.6 Å². The molecule has 1 aliphatic heterocycles. The molecule has 144 valence electrons. The van der Waals surface area contributed by atoms with E-state index in [1.54, 1.807) is 0 Å². The van der Waals surface area contributed by atoms with Gasteiger partial charge in [0.2, 0.25) is 0 Å². The van der Waals surface area contributed by atoms with Crippen molar-refractivity contribution in [3.05, 3.63) is 51.0 Å². The van der Waals surface area contributed by atoms with Crippen molar-refractivity contribution in [2.45, 2.75) is 13.8 Å². The zero-order chi connectivity index (χ0) is 19.6. The number of benzene rings is 2. The zero-order valence-corrected chi connectivity index (χ0v) is 17.8. The van der Waals surface area contributed by atoms with Crippen LogP contribution in [0.5, 0.6) is 5.75 Å². The predicted octanol–water partition coefficient (Wildman–Crippen LogP) is 4.03. The standard InChI is InChI=1S/C20H23BrClN3O2/c1-13-10-14(2)20(15(21)11-13)27-12-18(26)24-6-8-25(9-7-24)19-16(22)4-3-5-17(19)23/h3-5,10-11H,6-9,12,23H2,1-2H3. The molecule has 7 heteroatoms. The molecule has 1 heterocycles. The zero-order valence-electron chi connectivity index (χ0n) is 15.5. The van der Waals surface area contributed by atoms with E-state index >= 15 is 0 Å². The summed E-state index contributed by atoms with van der Waals surface area (Å²) in [5.41, 5.74) is 9.73. The number of halogens is 2. The fourth-order valence-corrected chi connectivity index (χ4v) is 4.45. The molecule has 3 rings (SSSR count). The third kappa shape index (κ3) is 4.50. The van der Waals surface area contributed by atoms with Crippen molar-refractivity contribution in [1.82, 2.24) is 4.90 Å². The second kappa shape index (κ2) is 8.40. The van der Waals surface area contributed by atoms with Crippen LogP contribution in [0, 0.1) is 13.8 Å². The number of rotatable bonds is 4. The number of amides is 1. The number of piperazine rings is 1. The molecule has 1 saturated heterocycles. The molecule has 0 atom stereocenters. The van der Waals surface area contributed by atoms with Gasteiger partial charge in [-0.3, -0.25) is 4.79 Å². The Bertz CT molecular complexity index is 808. The summed E-state index contributed by atoms with van der Waals surface area (Å²) in [5.74, 6) is 0.699. The van der Waals surface area contributed by atoms with Crippen LogP contribution in [0.4, 0.5) is 11.4 Å². The van der Waals surface area contributed by atoms with E-state index in [9.17, 15) is 4.79 Å². The van der Waals surface area contributed by atoms with Gasteiger partial charge in [0.25, 0.3) is 5.91 Å². The minimum atomic E-state index is -0.0198. The number of carbonyl (C=O) groups excluding carboxylic acids is 1. The molecular formula is C20H23BrClN3O2. The second-order valence-electron chi connectivity index (χ2n) is 6.73. The van der Waals surface area contributed by atoms with E-state index in [0.29, 0.717) is 36.9 Å². The quantitative estimate of drug-likeness (QED) is 0.712. The highest BCUT2D eigenvalue weighted by Gasteiger charge is 2.24. The van der Waals surface area contributed by atoms with Gasteiger partial charge in [0.1, 0.15) is 5.75 Å². The molecule has 0 saturated carbocycles. The number of carbonyl (C=O) groups is 1. The van der Waals surface area contributed by atoms with Gasteiger partial charge in [0.15, 0.2) is 6.61 Å². The maximum absolute atomic E-state index is 12.6. The lowest BCUT2D eigenvalue weighted by atomic mass is 10.1. The van der Waals surface area contributed by atoms with E-state index in [4.69, 9.17) is 22.1 Å². The molecule has 5 nitrogen and oxygen atoms in total. The highest BCUT2D eigenvalue weighted by molar-refractivity contribution is 9.10. The third-order valence-corrected chi connectivity index (χ3v) is 5.57. The number of hydrogen-bond donors (Lipinski definition) is 1. The van der Waals surface area contributed by atoms with Crippen LogP contribution in [-0.2, 0) is 4.79 Å². The number of anilines is 2. The molecule has 0 bridgehead atoms. The summed E-state index contributed by atoms with van der Waals surface area (Å²) in [6, 6.07) is 9.54. The van der Waals surface area contributed by atoms with Crippen LogP contribution in [0.25, 0.3) is 0 Å². The van der Waals surface area contributed by atoms with Crippen LogP contribution in [0.1, 0.15) is 11.1 Å². The van der Waals surface area contributed by atoms with E-state index in [0.717, 1.165) is 27.0 Å². The number of aryl methyl sites for hydroxylation is 2. The van der Waals surface area contributed by atoms with E-state index in [1.807, 2.05) is 49.1 Å². The Morgan fingerprint density at radius 3 is 2.56 bits per heavy atom. The number of hydrogen-bond acceptors (Lipinski definition) is 4. The molecule has 2 N–H and O–H groups in total. The van der Waals surface area contributed by atoms with E-state index < -0.39 is 0 Å². The summed E-state index contributed by atoms with van der Waals surface area (Å²) in [6.45, 7) is 6.63. The average molecular weight is 453 g/mol. The van der Waals surface area contributed by atoms with E-state index in [1.165, 1.54) is 0 Å². The highest BCUT2D eigenvalue weighted by Crippen LogP contribution is 2.33. The summed E-state index contributed by atoms with van der Waals surface area (Å²) in [5, 5.41) is 0.637. The topological polar surface area (TPSA) is 58.8 Å². The summed E-state index contributed by atoms with van der Waals surface area (Å²) < 4.78 is 6.66. The molecule has 0 aromatic heterocycles. The Kier molecular flexibility index (Phi) is 6.17. The largest absolute Gasteiger partial charge is 0.482 e. The normalized spacial score (nSPS) is 14.4. The Morgan fingerprint density at radius 1 is 1.22 bits per heavy atom.